The molecule has 0 aliphatic rings. The van der Waals surface area contributed by atoms with E-state index in [9.17, 15) is 8.42 Å². The van der Waals surface area contributed by atoms with Gasteiger partial charge in [-0.15, -0.1) is 0 Å². The van der Waals surface area contributed by atoms with Gasteiger partial charge in [0, 0.05) is 0 Å². The third-order valence-corrected chi connectivity index (χ3v) is 3.53. The van der Waals surface area contributed by atoms with Gasteiger partial charge in [0.1, 0.15) is 0 Å². The highest BCUT2D eigenvalue weighted by Gasteiger charge is 2.05. The third-order valence-electron chi connectivity index (χ3n) is 2.73. The van der Waals surface area contributed by atoms with E-state index in [1.54, 1.807) is 0 Å². The number of aryl methyl sites for hydroxylation is 1. The Morgan fingerprint density at radius 1 is 1.00 bits per heavy atom. The van der Waals surface area contributed by atoms with Crippen LogP contribution in [0.5, 0.6) is 0 Å². The van der Waals surface area contributed by atoms with E-state index in [-0.39, 0.29) is 5.75 Å². The molecule has 0 unspecified atom stereocenters. The average Bonchev–Trinajstić information content (AvgIpc) is 2.28. The van der Waals surface area contributed by atoms with Crippen LogP contribution < -0.4 is 0 Å². The van der Waals surface area contributed by atoms with E-state index in [0.717, 1.165) is 16.3 Å². The van der Waals surface area contributed by atoms with E-state index in [1.807, 2.05) is 42.5 Å². The van der Waals surface area contributed by atoms with Crippen molar-refractivity contribution in [3.63, 3.8) is 0 Å². The second kappa shape index (κ2) is 4.85. The maximum atomic E-state index is 10.6. The monoisotopic (exact) mass is 250 g/mol. The normalized spacial score (nSPS) is 11.8. The van der Waals surface area contributed by atoms with Gasteiger partial charge in [0.05, 0.1) is 5.75 Å². The fourth-order valence-corrected chi connectivity index (χ4v) is 2.46. The Morgan fingerprint density at radius 3 is 2.47 bits per heavy atom. The lowest BCUT2D eigenvalue weighted by Crippen LogP contribution is -2.04. The van der Waals surface area contributed by atoms with E-state index in [0.29, 0.717) is 12.8 Å². The first-order valence-electron chi connectivity index (χ1n) is 5.48. The quantitative estimate of drug-likeness (QED) is 0.849. The summed E-state index contributed by atoms with van der Waals surface area (Å²) in [6.45, 7) is 0. The summed E-state index contributed by atoms with van der Waals surface area (Å²) in [5, 5.41) is 2.29. The zero-order valence-electron chi connectivity index (χ0n) is 9.33. The predicted octanol–water partition coefficient (Wildman–Crippen LogP) is 2.66. The van der Waals surface area contributed by atoms with Crippen LogP contribution in [0.1, 0.15) is 12.0 Å². The maximum Gasteiger partial charge on any atom is 0.264 e. The van der Waals surface area contributed by atoms with Crippen LogP contribution in [0.25, 0.3) is 10.8 Å². The Hall–Kier alpha value is -1.39. The summed E-state index contributed by atoms with van der Waals surface area (Å²) < 4.78 is 30.0. The first-order chi connectivity index (χ1) is 8.06. The van der Waals surface area contributed by atoms with Gasteiger partial charge in [0.15, 0.2) is 0 Å². The summed E-state index contributed by atoms with van der Waals surface area (Å²) >= 11 is 0. The molecule has 0 saturated heterocycles. The molecule has 0 aliphatic carbocycles. The number of benzene rings is 2. The molecule has 2 rings (SSSR count). The van der Waals surface area contributed by atoms with Gasteiger partial charge >= 0.3 is 0 Å². The molecular weight excluding hydrogens is 236 g/mol. The van der Waals surface area contributed by atoms with Crippen molar-refractivity contribution in [3.05, 3.63) is 48.0 Å². The van der Waals surface area contributed by atoms with Gasteiger partial charge in [-0.3, -0.25) is 4.55 Å². The van der Waals surface area contributed by atoms with Gasteiger partial charge in [-0.05, 0) is 29.2 Å². The lowest BCUT2D eigenvalue weighted by atomic mass is 10.0. The highest BCUT2D eigenvalue weighted by molar-refractivity contribution is 7.85. The smallest absolute Gasteiger partial charge is 0.264 e. The molecule has 1 N–H and O–H groups in total. The molecular formula is C13H14O3S. The Labute approximate surface area is 101 Å². The Kier molecular flexibility index (Phi) is 3.45. The van der Waals surface area contributed by atoms with E-state index in [4.69, 9.17) is 4.55 Å². The van der Waals surface area contributed by atoms with Crippen LogP contribution in [0.4, 0.5) is 0 Å². The van der Waals surface area contributed by atoms with Crippen LogP contribution in [0, 0.1) is 0 Å². The van der Waals surface area contributed by atoms with Crippen molar-refractivity contribution in [1.82, 2.24) is 0 Å². The standard InChI is InChI=1S/C13H14O3S/c14-17(15,16)10-4-8-12-7-3-6-11-5-1-2-9-13(11)12/h1-3,5-7,9H,4,8,10H2,(H,14,15,16). The molecule has 2 aromatic rings. The zero-order chi connectivity index (χ0) is 12.3. The van der Waals surface area contributed by atoms with Crippen LogP contribution >= 0.6 is 0 Å². The Morgan fingerprint density at radius 2 is 1.71 bits per heavy atom. The molecule has 0 amide bonds. The van der Waals surface area contributed by atoms with Crippen molar-refractivity contribution in [2.24, 2.45) is 0 Å². The first kappa shape index (κ1) is 12.1. The summed E-state index contributed by atoms with van der Waals surface area (Å²) in [6, 6.07) is 14.0. The number of hydrogen-bond donors (Lipinski definition) is 1. The Balaban J connectivity index is 2.19. The molecule has 0 radical (unpaired) electrons. The fourth-order valence-electron chi connectivity index (χ4n) is 1.96. The summed E-state index contributed by atoms with van der Waals surface area (Å²) in [4.78, 5) is 0. The highest BCUT2D eigenvalue weighted by Crippen LogP contribution is 2.19. The van der Waals surface area contributed by atoms with Gasteiger partial charge in [0.25, 0.3) is 10.1 Å². The molecule has 0 saturated carbocycles. The molecule has 3 nitrogen and oxygen atoms in total. The molecule has 0 spiro atoms. The minimum atomic E-state index is -3.85. The third kappa shape index (κ3) is 3.28. The van der Waals surface area contributed by atoms with Crippen molar-refractivity contribution in [1.29, 1.82) is 0 Å². The summed E-state index contributed by atoms with van der Waals surface area (Å²) in [7, 11) is -3.85. The minimum Gasteiger partial charge on any atom is -0.286 e. The molecule has 4 heteroatoms. The molecule has 0 aromatic heterocycles. The molecule has 0 heterocycles. The van der Waals surface area contributed by atoms with Crippen LogP contribution in [0.2, 0.25) is 0 Å². The maximum absolute atomic E-state index is 10.6. The van der Waals surface area contributed by atoms with Crippen molar-refractivity contribution in [2.75, 3.05) is 5.75 Å². The van der Waals surface area contributed by atoms with Gasteiger partial charge in [-0.2, -0.15) is 8.42 Å². The fraction of sp³-hybridized carbons (Fsp3) is 0.231. The molecule has 90 valence electrons. The summed E-state index contributed by atoms with van der Waals surface area (Å²) in [5.74, 6) is -0.184. The second-order valence-electron chi connectivity index (χ2n) is 4.03. The topological polar surface area (TPSA) is 54.4 Å². The second-order valence-corrected chi connectivity index (χ2v) is 5.60. The SMILES string of the molecule is O=S(=O)(O)CCCc1cccc2ccccc12. The van der Waals surface area contributed by atoms with E-state index in [2.05, 4.69) is 0 Å². The van der Waals surface area contributed by atoms with E-state index < -0.39 is 10.1 Å². The predicted molar refractivity (Wildman–Crippen MR) is 68.7 cm³/mol. The number of rotatable bonds is 4. The summed E-state index contributed by atoms with van der Waals surface area (Å²) in [5.41, 5.74) is 1.12. The van der Waals surface area contributed by atoms with Crippen molar-refractivity contribution in [2.45, 2.75) is 12.8 Å². The van der Waals surface area contributed by atoms with Gasteiger partial charge < -0.3 is 0 Å². The highest BCUT2D eigenvalue weighted by atomic mass is 32.2. The minimum absolute atomic E-state index is 0.184. The van der Waals surface area contributed by atoms with Crippen LogP contribution in [-0.4, -0.2) is 18.7 Å². The molecule has 17 heavy (non-hydrogen) atoms. The van der Waals surface area contributed by atoms with Gasteiger partial charge in [-0.25, -0.2) is 0 Å². The lowest BCUT2D eigenvalue weighted by Gasteiger charge is -2.05. The summed E-state index contributed by atoms with van der Waals surface area (Å²) in [6.07, 6.45) is 1.09. The van der Waals surface area contributed by atoms with E-state index in [1.165, 1.54) is 0 Å². The van der Waals surface area contributed by atoms with Gasteiger partial charge in [0.2, 0.25) is 0 Å². The molecule has 0 bridgehead atoms. The first-order valence-corrected chi connectivity index (χ1v) is 7.09. The lowest BCUT2D eigenvalue weighted by molar-refractivity contribution is 0.481. The molecule has 0 aliphatic heterocycles. The Bertz CT molecular complexity index is 612. The largest absolute Gasteiger partial charge is 0.286 e. The molecule has 0 atom stereocenters. The molecule has 2 aromatic carbocycles. The average molecular weight is 250 g/mol. The van der Waals surface area contributed by atoms with Crippen LogP contribution in [-0.2, 0) is 16.5 Å². The van der Waals surface area contributed by atoms with Crippen LogP contribution in [0.3, 0.4) is 0 Å². The number of fused-ring (bicyclic) bond motifs is 1. The zero-order valence-corrected chi connectivity index (χ0v) is 10.2. The van der Waals surface area contributed by atoms with E-state index >= 15 is 0 Å². The van der Waals surface area contributed by atoms with Crippen LogP contribution in [0.15, 0.2) is 42.5 Å². The van der Waals surface area contributed by atoms with Crippen molar-refractivity contribution < 1.29 is 13.0 Å². The molecule has 0 fully saturated rings. The van der Waals surface area contributed by atoms with Gasteiger partial charge in [-0.1, -0.05) is 42.5 Å². The number of hydrogen-bond acceptors (Lipinski definition) is 2. The van der Waals surface area contributed by atoms with Crippen molar-refractivity contribution in [3.8, 4) is 0 Å². The van der Waals surface area contributed by atoms with Crippen molar-refractivity contribution >= 4 is 20.9 Å².